The summed E-state index contributed by atoms with van der Waals surface area (Å²) in [6, 6.07) is 26.3. The zero-order valence-corrected chi connectivity index (χ0v) is 18.8. The van der Waals surface area contributed by atoms with Crippen LogP contribution in [-0.2, 0) is 11.3 Å². The second-order valence-electron chi connectivity index (χ2n) is 8.40. The molecule has 1 N–H and O–H groups in total. The maximum Gasteiger partial charge on any atom is 0.232 e. The van der Waals surface area contributed by atoms with E-state index in [2.05, 4.69) is 60.7 Å². The molecule has 0 aliphatic rings. The lowest BCUT2D eigenvalue weighted by atomic mass is 9.98. The number of amides is 1. The number of nitrogens with zero attached hydrogens (tertiary/aromatic N) is 3. The molecule has 5 nitrogen and oxygen atoms in total. The third-order valence-electron chi connectivity index (χ3n) is 6.16. The molecule has 162 valence electrons. The molecule has 2 aromatic carbocycles. The van der Waals surface area contributed by atoms with Crippen molar-refractivity contribution in [3.05, 3.63) is 96.2 Å². The average Bonchev–Trinajstić information content (AvgIpc) is 2.84. The Morgan fingerprint density at radius 3 is 2.44 bits per heavy atom. The molecule has 0 aliphatic carbocycles. The van der Waals surface area contributed by atoms with Crippen LogP contribution in [0.1, 0.15) is 30.9 Å². The molecule has 2 atom stereocenters. The lowest BCUT2D eigenvalue weighted by molar-refractivity contribution is -0.117. The van der Waals surface area contributed by atoms with Gasteiger partial charge in [-0.2, -0.15) is 4.98 Å². The molecule has 5 heteroatoms. The highest BCUT2D eigenvalue weighted by molar-refractivity contribution is 5.94. The molecule has 2 heterocycles. The van der Waals surface area contributed by atoms with Crippen LogP contribution < -0.4 is 9.80 Å². The number of anilines is 1. The van der Waals surface area contributed by atoms with E-state index in [4.69, 9.17) is 4.98 Å². The number of pyridine rings is 2. The molecule has 1 amide bonds. The average molecular weight is 426 g/mol. The van der Waals surface area contributed by atoms with Gasteiger partial charge in [-0.05, 0) is 43.7 Å². The Morgan fingerprint density at radius 2 is 1.72 bits per heavy atom. The molecule has 0 saturated carbocycles. The maximum absolute atomic E-state index is 12.6. The Bertz CT molecular complexity index is 1210. The lowest BCUT2D eigenvalue weighted by Crippen LogP contribution is -2.44. The predicted octanol–water partition coefficient (Wildman–Crippen LogP) is 5.53. The van der Waals surface area contributed by atoms with E-state index in [1.807, 2.05) is 43.3 Å². The minimum atomic E-state index is -0.264. The van der Waals surface area contributed by atoms with Crippen molar-refractivity contribution < 1.29 is 4.79 Å². The summed E-state index contributed by atoms with van der Waals surface area (Å²) in [5.41, 5.74) is 3.22. The number of rotatable bonds is 7. The fraction of sp³-hybridized carbons (Fsp3) is 0.222. The van der Waals surface area contributed by atoms with Crippen molar-refractivity contribution in [3.8, 4) is 0 Å². The van der Waals surface area contributed by atoms with Crippen LogP contribution in [0, 0.1) is 0 Å². The standard InChI is InChI=1S/C27H28N4O/c1-4-31(3,26-17-16-23-9-5-6-10-24(23)29-26)19-21-12-14-22(15-13-21)20(2)27(32)30-25-11-7-8-18-28-25/h5-18,20H,4,19H2,1-3H3/p+1. The number of nitrogens with one attached hydrogen (secondary N) is 1. The Hall–Kier alpha value is -3.57. The van der Waals surface area contributed by atoms with Crippen LogP contribution in [0.5, 0.6) is 0 Å². The smallest absolute Gasteiger partial charge is 0.232 e. The highest BCUT2D eigenvalue weighted by Crippen LogP contribution is 2.26. The van der Waals surface area contributed by atoms with E-state index in [9.17, 15) is 4.79 Å². The number of carbonyl (C=O) groups is 1. The maximum atomic E-state index is 12.6. The van der Waals surface area contributed by atoms with Crippen LogP contribution in [0.2, 0.25) is 0 Å². The minimum Gasteiger partial charge on any atom is -0.310 e. The van der Waals surface area contributed by atoms with Crippen molar-refractivity contribution in [2.24, 2.45) is 0 Å². The number of carbonyl (C=O) groups excluding carboxylic acids is 1. The first-order valence-electron chi connectivity index (χ1n) is 11.0. The summed E-state index contributed by atoms with van der Waals surface area (Å²) in [4.78, 5) is 21.7. The SMILES string of the molecule is CC[N+](C)(Cc1ccc(C(C)C(=O)Nc2ccccn2)cc1)c1ccc2ccccc2n1. The van der Waals surface area contributed by atoms with Crippen LogP contribution >= 0.6 is 0 Å². The first-order chi connectivity index (χ1) is 15.5. The molecule has 2 unspecified atom stereocenters. The van der Waals surface area contributed by atoms with Gasteiger partial charge in [0.15, 0.2) is 0 Å². The van der Waals surface area contributed by atoms with E-state index < -0.39 is 0 Å². The zero-order chi connectivity index (χ0) is 22.6. The van der Waals surface area contributed by atoms with Gasteiger partial charge in [0.05, 0.1) is 25.0 Å². The Balaban J connectivity index is 1.49. The molecular formula is C27H29N4O+. The van der Waals surface area contributed by atoms with Crippen LogP contribution in [0.15, 0.2) is 85.1 Å². The minimum absolute atomic E-state index is 0.0639. The van der Waals surface area contributed by atoms with E-state index in [0.717, 1.165) is 35.4 Å². The van der Waals surface area contributed by atoms with Gasteiger partial charge in [0.2, 0.25) is 11.7 Å². The molecule has 0 fully saturated rings. The summed E-state index contributed by atoms with van der Waals surface area (Å²) in [5, 5.41) is 4.03. The first-order valence-corrected chi connectivity index (χ1v) is 11.0. The van der Waals surface area contributed by atoms with Gasteiger partial charge in [0.25, 0.3) is 0 Å². The van der Waals surface area contributed by atoms with Gasteiger partial charge in [0.1, 0.15) is 12.4 Å². The largest absolute Gasteiger partial charge is 0.310 e. The van der Waals surface area contributed by atoms with Gasteiger partial charge in [-0.25, -0.2) is 4.98 Å². The lowest BCUT2D eigenvalue weighted by Gasteiger charge is -2.32. The third kappa shape index (κ3) is 4.68. The highest BCUT2D eigenvalue weighted by Gasteiger charge is 2.25. The number of aromatic nitrogens is 2. The summed E-state index contributed by atoms with van der Waals surface area (Å²) in [6.45, 7) is 5.86. The fourth-order valence-electron chi connectivity index (χ4n) is 3.85. The molecule has 2 aromatic heterocycles. The summed E-state index contributed by atoms with van der Waals surface area (Å²) in [6.07, 6.45) is 1.67. The van der Waals surface area contributed by atoms with Gasteiger partial charge < -0.3 is 5.32 Å². The van der Waals surface area contributed by atoms with Gasteiger partial charge in [-0.3, -0.25) is 9.28 Å². The van der Waals surface area contributed by atoms with Crippen LogP contribution in [0.3, 0.4) is 0 Å². The second-order valence-corrected chi connectivity index (χ2v) is 8.40. The van der Waals surface area contributed by atoms with Crippen LogP contribution in [-0.4, -0.2) is 29.5 Å². The molecule has 0 radical (unpaired) electrons. The summed E-state index contributed by atoms with van der Waals surface area (Å²) >= 11 is 0. The van der Waals surface area contributed by atoms with Crippen molar-refractivity contribution >= 4 is 28.4 Å². The molecule has 4 aromatic rings. The number of para-hydroxylation sites is 1. The number of hydrogen-bond donors (Lipinski definition) is 1. The molecule has 0 bridgehead atoms. The molecule has 4 rings (SSSR count). The highest BCUT2D eigenvalue weighted by atomic mass is 16.1. The predicted molar refractivity (Wildman–Crippen MR) is 131 cm³/mol. The van der Waals surface area contributed by atoms with Crippen molar-refractivity contribution in [2.75, 3.05) is 18.9 Å². The fourth-order valence-corrected chi connectivity index (χ4v) is 3.85. The zero-order valence-electron chi connectivity index (χ0n) is 18.8. The van der Waals surface area contributed by atoms with Gasteiger partial charge >= 0.3 is 0 Å². The van der Waals surface area contributed by atoms with E-state index in [-0.39, 0.29) is 11.8 Å². The molecule has 0 aliphatic heterocycles. The molecule has 0 saturated heterocycles. The van der Waals surface area contributed by atoms with Gasteiger partial charge in [-0.15, -0.1) is 0 Å². The normalized spacial score (nSPS) is 14.0. The summed E-state index contributed by atoms with van der Waals surface area (Å²) in [5.74, 6) is 1.30. The molecule has 0 spiro atoms. The van der Waals surface area contributed by atoms with Gasteiger partial charge in [0, 0.05) is 23.2 Å². The van der Waals surface area contributed by atoms with E-state index in [0.29, 0.717) is 10.3 Å². The van der Waals surface area contributed by atoms with Gasteiger partial charge in [-0.1, -0.05) is 48.5 Å². The van der Waals surface area contributed by atoms with Crippen molar-refractivity contribution in [2.45, 2.75) is 26.3 Å². The Labute approximate surface area is 189 Å². The van der Waals surface area contributed by atoms with Crippen LogP contribution in [0.4, 0.5) is 11.6 Å². The molecule has 32 heavy (non-hydrogen) atoms. The molecular weight excluding hydrogens is 396 g/mol. The second kappa shape index (κ2) is 9.28. The summed E-state index contributed by atoms with van der Waals surface area (Å²) in [7, 11) is 2.22. The van der Waals surface area contributed by atoms with Crippen molar-refractivity contribution in [1.29, 1.82) is 0 Å². The third-order valence-corrected chi connectivity index (χ3v) is 6.16. The topological polar surface area (TPSA) is 54.9 Å². The summed E-state index contributed by atoms with van der Waals surface area (Å²) < 4.78 is 0.708. The number of hydrogen-bond acceptors (Lipinski definition) is 3. The monoisotopic (exact) mass is 425 g/mol. The number of quaternary nitrogens is 1. The van der Waals surface area contributed by atoms with E-state index in [1.54, 1.807) is 12.3 Å². The van der Waals surface area contributed by atoms with Crippen LogP contribution in [0.25, 0.3) is 10.9 Å². The van der Waals surface area contributed by atoms with Crippen molar-refractivity contribution in [1.82, 2.24) is 14.5 Å². The Morgan fingerprint density at radius 1 is 0.969 bits per heavy atom. The van der Waals surface area contributed by atoms with E-state index >= 15 is 0 Å². The van der Waals surface area contributed by atoms with Crippen molar-refractivity contribution in [3.63, 3.8) is 0 Å². The Kier molecular flexibility index (Phi) is 6.28. The van der Waals surface area contributed by atoms with E-state index in [1.165, 1.54) is 5.56 Å². The number of fused-ring (bicyclic) bond motifs is 1. The quantitative estimate of drug-likeness (QED) is 0.396. The number of benzene rings is 2. The first kappa shape index (κ1) is 21.7.